The molecular formula is C10H8ClN3O. The van der Waals surface area contributed by atoms with Gasteiger partial charge in [0.2, 0.25) is 0 Å². The highest BCUT2D eigenvalue weighted by Crippen LogP contribution is 2.17. The van der Waals surface area contributed by atoms with Gasteiger partial charge >= 0.3 is 0 Å². The van der Waals surface area contributed by atoms with Gasteiger partial charge in [0.05, 0.1) is 5.69 Å². The van der Waals surface area contributed by atoms with Gasteiger partial charge in [-0.15, -0.1) is 0 Å². The lowest BCUT2D eigenvalue weighted by atomic mass is 10.3. The Hall–Kier alpha value is -1.81. The summed E-state index contributed by atoms with van der Waals surface area (Å²) in [6, 6.07) is 6.83. The SMILES string of the molecule is O=C(Nc1cccnc1Cl)c1ccc[nH]1. The Morgan fingerprint density at radius 1 is 1.40 bits per heavy atom. The van der Waals surface area contributed by atoms with E-state index in [0.717, 1.165) is 0 Å². The topological polar surface area (TPSA) is 57.8 Å². The first kappa shape index (κ1) is 9.73. The van der Waals surface area contributed by atoms with Gasteiger partial charge in [-0.05, 0) is 24.3 Å². The predicted octanol–water partition coefficient (Wildman–Crippen LogP) is 2.32. The van der Waals surface area contributed by atoms with Crippen LogP contribution in [-0.4, -0.2) is 15.9 Å². The molecule has 2 heterocycles. The van der Waals surface area contributed by atoms with Crippen molar-refractivity contribution in [1.82, 2.24) is 9.97 Å². The summed E-state index contributed by atoms with van der Waals surface area (Å²) in [5.74, 6) is -0.241. The molecule has 0 aromatic carbocycles. The number of carbonyl (C=O) groups excluding carboxylic acids is 1. The van der Waals surface area contributed by atoms with Gasteiger partial charge in [-0.2, -0.15) is 0 Å². The van der Waals surface area contributed by atoms with E-state index in [-0.39, 0.29) is 11.1 Å². The highest BCUT2D eigenvalue weighted by atomic mass is 35.5. The van der Waals surface area contributed by atoms with Crippen LogP contribution in [-0.2, 0) is 0 Å². The highest BCUT2D eigenvalue weighted by molar-refractivity contribution is 6.32. The molecule has 0 saturated carbocycles. The second-order valence-corrected chi connectivity index (χ2v) is 3.24. The van der Waals surface area contributed by atoms with Crippen LogP contribution in [0.25, 0.3) is 0 Å². The third-order valence-corrected chi connectivity index (χ3v) is 2.15. The van der Waals surface area contributed by atoms with Crippen molar-refractivity contribution in [2.24, 2.45) is 0 Å². The fourth-order valence-electron chi connectivity index (χ4n) is 1.14. The number of rotatable bonds is 2. The number of pyridine rings is 1. The van der Waals surface area contributed by atoms with E-state index in [2.05, 4.69) is 15.3 Å². The maximum Gasteiger partial charge on any atom is 0.272 e. The zero-order chi connectivity index (χ0) is 10.7. The standard InChI is InChI=1S/C10H8ClN3O/c11-9-7(3-1-6-13-9)14-10(15)8-4-2-5-12-8/h1-6,12H,(H,14,15). The largest absolute Gasteiger partial charge is 0.357 e. The second kappa shape index (κ2) is 4.14. The average Bonchev–Trinajstić information content (AvgIpc) is 2.74. The van der Waals surface area contributed by atoms with Crippen LogP contribution in [0.4, 0.5) is 5.69 Å². The van der Waals surface area contributed by atoms with E-state index >= 15 is 0 Å². The monoisotopic (exact) mass is 221 g/mol. The summed E-state index contributed by atoms with van der Waals surface area (Å²) in [6.07, 6.45) is 3.24. The Morgan fingerprint density at radius 3 is 2.93 bits per heavy atom. The van der Waals surface area contributed by atoms with Gasteiger partial charge in [0, 0.05) is 12.4 Å². The lowest BCUT2D eigenvalue weighted by Gasteiger charge is -2.04. The van der Waals surface area contributed by atoms with Crippen molar-refractivity contribution in [3.8, 4) is 0 Å². The molecule has 15 heavy (non-hydrogen) atoms. The van der Waals surface area contributed by atoms with Crippen molar-refractivity contribution in [3.63, 3.8) is 0 Å². The molecular weight excluding hydrogens is 214 g/mol. The first-order valence-electron chi connectivity index (χ1n) is 4.32. The van der Waals surface area contributed by atoms with Crippen LogP contribution in [0, 0.1) is 0 Å². The summed E-state index contributed by atoms with van der Waals surface area (Å²) in [5, 5.41) is 2.92. The number of amides is 1. The van der Waals surface area contributed by atoms with Crippen LogP contribution in [0.5, 0.6) is 0 Å². The number of aromatic nitrogens is 2. The smallest absolute Gasteiger partial charge is 0.272 e. The Bertz CT molecular complexity index is 467. The summed E-state index contributed by atoms with van der Waals surface area (Å²) >= 11 is 5.79. The third kappa shape index (κ3) is 2.16. The molecule has 76 valence electrons. The quantitative estimate of drug-likeness (QED) is 0.765. The number of nitrogens with zero attached hydrogens (tertiary/aromatic N) is 1. The Kier molecular flexibility index (Phi) is 2.69. The van der Waals surface area contributed by atoms with Gasteiger partial charge in [0.25, 0.3) is 5.91 Å². The lowest BCUT2D eigenvalue weighted by Crippen LogP contribution is -2.12. The predicted molar refractivity (Wildman–Crippen MR) is 58.0 cm³/mol. The number of halogens is 1. The third-order valence-electron chi connectivity index (χ3n) is 1.85. The summed E-state index contributed by atoms with van der Waals surface area (Å²) in [7, 11) is 0. The van der Waals surface area contributed by atoms with Crippen LogP contribution in [0.1, 0.15) is 10.5 Å². The maximum atomic E-state index is 11.6. The normalized spacial score (nSPS) is 9.93. The molecule has 0 atom stereocenters. The number of carbonyl (C=O) groups is 1. The molecule has 0 aliphatic carbocycles. The minimum Gasteiger partial charge on any atom is -0.357 e. The molecule has 0 unspecified atom stereocenters. The van der Waals surface area contributed by atoms with Crippen molar-refractivity contribution in [2.45, 2.75) is 0 Å². The minimum absolute atomic E-state index is 0.241. The summed E-state index contributed by atoms with van der Waals surface area (Å²) in [6.45, 7) is 0. The van der Waals surface area contributed by atoms with Gasteiger partial charge in [0.15, 0.2) is 5.15 Å². The lowest BCUT2D eigenvalue weighted by molar-refractivity contribution is 0.102. The number of H-pyrrole nitrogens is 1. The summed E-state index contributed by atoms with van der Waals surface area (Å²) in [4.78, 5) is 18.3. The van der Waals surface area contributed by atoms with Crippen LogP contribution >= 0.6 is 11.6 Å². The fourth-order valence-corrected chi connectivity index (χ4v) is 1.31. The number of hydrogen-bond donors (Lipinski definition) is 2. The highest BCUT2D eigenvalue weighted by Gasteiger charge is 2.08. The zero-order valence-corrected chi connectivity index (χ0v) is 8.45. The van der Waals surface area contributed by atoms with Crippen LogP contribution in [0.15, 0.2) is 36.7 Å². The number of aromatic amines is 1. The molecule has 0 aliphatic heterocycles. The Morgan fingerprint density at radius 2 is 2.27 bits per heavy atom. The fraction of sp³-hybridized carbons (Fsp3) is 0. The van der Waals surface area contributed by atoms with Crippen LogP contribution in [0.3, 0.4) is 0 Å². The number of anilines is 1. The summed E-state index contributed by atoms with van der Waals surface area (Å²) in [5.41, 5.74) is 0.980. The van der Waals surface area contributed by atoms with Crippen molar-refractivity contribution in [2.75, 3.05) is 5.32 Å². The average molecular weight is 222 g/mol. The van der Waals surface area contributed by atoms with E-state index in [9.17, 15) is 4.79 Å². The van der Waals surface area contributed by atoms with Gasteiger partial charge in [-0.25, -0.2) is 4.98 Å². The number of hydrogen-bond acceptors (Lipinski definition) is 2. The molecule has 2 rings (SSSR count). The van der Waals surface area contributed by atoms with Crippen molar-refractivity contribution in [1.29, 1.82) is 0 Å². The molecule has 2 N–H and O–H groups in total. The summed E-state index contributed by atoms with van der Waals surface area (Å²) < 4.78 is 0. The molecule has 0 aliphatic rings. The molecule has 0 spiro atoms. The number of nitrogens with one attached hydrogen (secondary N) is 2. The zero-order valence-electron chi connectivity index (χ0n) is 7.70. The molecule has 2 aromatic rings. The molecule has 0 saturated heterocycles. The molecule has 0 fully saturated rings. The molecule has 0 radical (unpaired) electrons. The van der Waals surface area contributed by atoms with E-state index in [4.69, 9.17) is 11.6 Å². The van der Waals surface area contributed by atoms with E-state index in [1.165, 1.54) is 0 Å². The van der Waals surface area contributed by atoms with Crippen LogP contribution in [0.2, 0.25) is 5.15 Å². The van der Waals surface area contributed by atoms with E-state index in [1.807, 2.05) is 0 Å². The van der Waals surface area contributed by atoms with Crippen molar-refractivity contribution >= 4 is 23.2 Å². The molecule has 4 nitrogen and oxygen atoms in total. The second-order valence-electron chi connectivity index (χ2n) is 2.88. The van der Waals surface area contributed by atoms with E-state index in [1.54, 1.807) is 36.7 Å². The molecule has 1 amide bonds. The molecule has 0 bridgehead atoms. The van der Waals surface area contributed by atoms with Gasteiger partial charge in [0.1, 0.15) is 5.69 Å². The first-order chi connectivity index (χ1) is 7.27. The van der Waals surface area contributed by atoms with Gasteiger partial charge in [-0.1, -0.05) is 11.6 Å². The Labute approximate surface area is 91.3 Å². The van der Waals surface area contributed by atoms with Crippen molar-refractivity contribution < 1.29 is 4.79 Å². The molecule has 5 heteroatoms. The van der Waals surface area contributed by atoms with E-state index < -0.39 is 0 Å². The maximum absolute atomic E-state index is 11.6. The van der Waals surface area contributed by atoms with Crippen LogP contribution < -0.4 is 5.32 Å². The molecule has 2 aromatic heterocycles. The van der Waals surface area contributed by atoms with E-state index in [0.29, 0.717) is 11.4 Å². The van der Waals surface area contributed by atoms with Gasteiger partial charge in [-0.3, -0.25) is 4.79 Å². The minimum atomic E-state index is -0.241. The van der Waals surface area contributed by atoms with Crippen molar-refractivity contribution in [3.05, 3.63) is 47.5 Å². The van der Waals surface area contributed by atoms with Gasteiger partial charge < -0.3 is 10.3 Å². The Balaban J connectivity index is 2.17. The first-order valence-corrected chi connectivity index (χ1v) is 4.70.